The number of hydrogen-bond acceptors (Lipinski definition) is 7. The zero-order valence-corrected chi connectivity index (χ0v) is 21.3. The zero-order valence-electron chi connectivity index (χ0n) is 18.9. The molecular formula is C24H24ClN3O4S2. The highest BCUT2D eigenvalue weighted by Crippen LogP contribution is 2.37. The highest BCUT2D eigenvalue weighted by Gasteiger charge is 2.19. The summed E-state index contributed by atoms with van der Waals surface area (Å²) >= 11 is 8.85. The van der Waals surface area contributed by atoms with E-state index in [0.29, 0.717) is 32.6 Å². The zero-order chi connectivity index (χ0) is 24.4. The van der Waals surface area contributed by atoms with E-state index < -0.39 is 16.7 Å². The summed E-state index contributed by atoms with van der Waals surface area (Å²) in [6, 6.07) is 9.12. The van der Waals surface area contributed by atoms with E-state index in [1.54, 1.807) is 24.4 Å². The molecule has 3 heterocycles. The van der Waals surface area contributed by atoms with Crippen LogP contribution >= 0.6 is 34.7 Å². The molecule has 1 atom stereocenters. The maximum Gasteiger partial charge on any atom is 0.329 e. The fourth-order valence-electron chi connectivity index (χ4n) is 3.70. The minimum absolute atomic E-state index is 0.0931. The first kappa shape index (κ1) is 24.5. The van der Waals surface area contributed by atoms with Gasteiger partial charge in [-0.3, -0.25) is 14.3 Å². The number of ether oxygens (including phenoxy) is 1. The van der Waals surface area contributed by atoms with Crippen LogP contribution in [0.25, 0.3) is 20.7 Å². The summed E-state index contributed by atoms with van der Waals surface area (Å²) in [4.78, 5) is 33.2. The van der Waals surface area contributed by atoms with Crippen LogP contribution in [0, 0.1) is 6.92 Å². The van der Waals surface area contributed by atoms with Gasteiger partial charge in [-0.25, -0.2) is 9.78 Å². The monoisotopic (exact) mass is 517 g/mol. The summed E-state index contributed by atoms with van der Waals surface area (Å²) in [5.74, 6) is 1.80. The Morgan fingerprint density at radius 1 is 1.26 bits per heavy atom. The molecule has 0 radical (unpaired) electrons. The summed E-state index contributed by atoms with van der Waals surface area (Å²) in [5.41, 5.74) is 0.845. The number of fused-ring (bicyclic) bond motifs is 1. The summed E-state index contributed by atoms with van der Waals surface area (Å²) in [6.07, 6.45) is 2.48. The van der Waals surface area contributed by atoms with Crippen molar-refractivity contribution in [1.82, 2.24) is 14.5 Å². The molecule has 1 aromatic carbocycles. The van der Waals surface area contributed by atoms with E-state index >= 15 is 0 Å². The van der Waals surface area contributed by atoms with Gasteiger partial charge in [-0.1, -0.05) is 25.4 Å². The number of H-pyrrole nitrogens is 1. The van der Waals surface area contributed by atoms with E-state index in [2.05, 4.69) is 9.97 Å². The molecule has 0 fully saturated rings. The first-order valence-electron chi connectivity index (χ1n) is 10.8. The number of aromatic amines is 1. The second kappa shape index (κ2) is 10.4. The lowest BCUT2D eigenvalue weighted by molar-refractivity contribution is 0.240. The van der Waals surface area contributed by atoms with Crippen molar-refractivity contribution in [2.24, 2.45) is 0 Å². The van der Waals surface area contributed by atoms with E-state index in [4.69, 9.17) is 16.3 Å². The molecule has 0 aliphatic rings. The van der Waals surface area contributed by atoms with Crippen molar-refractivity contribution in [3.8, 4) is 22.1 Å². The highest BCUT2D eigenvalue weighted by atomic mass is 35.5. The SMILES string of the molecule is CCS[C@H](O)Cn1c(=O)[nH]c(=O)c2c(C)c(-c3ccc(Oc4ccc(Cl)c(CC)c4)nc3)sc21. The number of benzene rings is 1. The average Bonchev–Trinajstić information content (AvgIpc) is 3.16. The van der Waals surface area contributed by atoms with E-state index in [1.807, 2.05) is 32.9 Å². The maximum absolute atomic E-state index is 12.6. The average molecular weight is 518 g/mol. The van der Waals surface area contributed by atoms with Crippen LogP contribution in [0.15, 0.2) is 46.1 Å². The number of aromatic nitrogens is 3. The van der Waals surface area contributed by atoms with Crippen LogP contribution in [0.5, 0.6) is 11.6 Å². The standard InChI is InChI=1S/C24H24ClN3O4S2/c1-4-14-10-16(7-8-17(14)25)32-18-9-6-15(11-26-18)21-13(3)20-22(30)27-24(31)28(23(20)34-21)12-19(29)33-5-2/h6-11,19,29H,4-5,12H2,1-3H3,(H,27,30,31)/t19-/m0/s1. The molecule has 10 heteroatoms. The van der Waals surface area contributed by atoms with Gasteiger partial charge >= 0.3 is 5.69 Å². The number of nitrogens with one attached hydrogen (secondary N) is 1. The fraction of sp³-hybridized carbons (Fsp3) is 0.292. The molecule has 0 unspecified atom stereocenters. The highest BCUT2D eigenvalue weighted by molar-refractivity contribution is 7.99. The molecule has 0 amide bonds. The molecule has 0 bridgehead atoms. The minimum Gasteiger partial charge on any atom is -0.439 e. The smallest absolute Gasteiger partial charge is 0.329 e. The number of thiophene rings is 1. The van der Waals surface area contributed by atoms with Crippen molar-refractivity contribution in [3.05, 3.63) is 73.5 Å². The molecular weight excluding hydrogens is 494 g/mol. The molecule has 4 rings (SSSR count). The second-order valence-corrected chi connectivity index (χ2v) is 10.5. The molecule has 0 aliphatic heterocycles. The Balaban J connectivity index is 1.68. The fourth-order valence-corrected chi connectivity index (χ4v) is 5.89. The van der Waals surface area contributed by atoms with E-state index in [1.165, 1.54) is 27.7 Å². The van der Waals surface area contributed by atoms with Crippen molar-refractivity contribution < 1.29 is 9.84 Å². The first-order valence-corrected chi connectivity index (χ1v) is 13.0. The Kier molecular flexibility index (Phi) is 7.47. The number of aliphatic hydroxyl groups is 1. The predicted octanol–water partition coefficient (Wildman–Crippen LogP) is 5.20. The van der Waals surface area contributed by atoms with Crippen molar-refractivity contribution in [2.75, 3.05) is 5.75 Å². The topological polar surface area (TPSA) is 97.2 Å². The number of rotatable bonds is 8. The number of nitrogens with zero attached hydrogens (tertiary/aromatic N) is 2. The largest absolute Gasteiger partial charge is 0.439 e. The van der Waals surface area contributed by atoms with Gasteiger partial charge in [0.2, 0.25) is 5.88 Å². The number of pyridine rings is 1. The van der Waals surface area contributed by atoms with Crippen LogP contribution in [0.1, 0.15) is 25.0 Å². The summed E-state index contributed by atoms with van der Waals surface area (Å²) in [5, 5.41) is 11.4. The normalized spacial score (nSPS) is 12.3. The van der Waals surface area contributed by atoms with Crippen molar-refractivity contribution in [1.29, 1.82) is 0 Å². The van der Waals surface area contributed by atoms with Crippen molar-refractivity contribution >= 4 is 44.9 Å². The molecule has 34 heavy (non-hydrogen) atoms. The van der Waals surface area contributed by atoms with Crippen molar-refractivity contribution in [3.63, 3.8) is 0 Å². The van der Waals surface area contributed by atoms with Gasteiger partial charge < -0.3 is 9.84 Å². The van der Waals surface area contributed by atoms with E-state index in [0.717, 1.165) is 28.0 Å². The third-order valence-corrected chi connectivity index (χ3v) is 7.98. The molecule has 178 valence electrons. The molecule has 0 saturated heterocycles. The Morgan fingerprint density at radius 2 is 2.06 bits per heavy atom. The van der Waals surface area contributed by atoms with Gasteiger partial charge in [0.1, 0.15) is 16.0 Å². The van der Waals surface area contributed by atoms with Crippen LogP contribution in [0.4, 0.5) is 0 Å². The Hall–Kier alpha value is -2.59. The third-order valence-electron chi connectivity index (χ3n) is 5.38. The number of aryl methyl sites for hydroxylation is 2. The van der Waals surface area contributed by atoms with Gasteiger partial charge in [0.25, 0.3) is 5.56 Å². The molecule has 0 aliphatic carbocycles. The van der Waals surface area contributed by atoms with Crippen LogP contribution in [-0.2, 0) is 13.0 Å². The van der Waals surface area contributed by atoms with Crippen LogP contribution in [0.2, 0.25) is 5.02 Å². The number of thioether (sulfide) groups is 1. The quantitative estimate of drug-likeness (QED) is 0.312. The van der Waals surface area contributed by atoms with Crippen LogP contribution < -0.4 is 16.0 Å². The lowest BCUT2D eigenvalue weighted by Crippen LogP contribution is -2.32. The lowest BCUT2D eigenvalue weighted by atomic mass is 10.1. The van der Waals surface area contributed by atoms with Gasteiger partial charge in [-0.15, -0.1) is 23.1 Å². The van der Waals surface area contributed by atoms with Gasteiger partial charge in [-0.2, -0.15) is 0 Å². The Labute approximate surface area is 209 Å². The van der Waals surface area contributed by atoms with E-state index in [-0.39, 0.29) is 6.54 Å². The second-order valence-electron chi connectivity index (χ2n) is 7.61. The number of halogens is 1. The Morgan fingerprint density at radius 3 is 2.74 bits per heavy atom. The summed E-state index contributed by atoms with van der Waals surface area (Å²) < 4.78 is 7.31. The van der Waals surface area contributed by atoms with Crippen LogP contribution in [0.3, 0.4) is 0 Å². The lowest BCUT2D eigenvalue weighted by Gasteiger charge is -2.11. The predicted molar refractivity (Wildman–Crippen MR) is 140 cm³/mol. The Bertz CT molecular complexity index is 1440. The van der Waals surface area contributed by atoms with Crippen LogP contribution in [-0.4, -0.2) is 30.8 Å². The molecule has 0 spiro atoms. The minimum atomic E-state index is -0.748. The molecule has 0 saturated carbocycles. The summed E-state index contributed by atoms with van der Waals surface area (Å²) in [6.45, 7) is 5.90. The maximum atomic E-state index is 12.6. The number of aliphatic hydroxyl groups excluding tert-OH is 1. The van der Waals surface area contributed by atoms with Crippen molar-refractivity contribution in [2.45, 2.75) is 39.2 Å². The molecule has 3 aromatic heterocycles. The van der Waals surface area contributed by atoms with E-state index in [9.17, 15) is 14.7 Å². The molecule has 7 nitrogen and oxygen atoms in total. The van der Waals surface area contributed by atoms with Gasteiger partial charge in [-0.05, 0) is 54.5 Å². The molecule has 4 aromatic rings. The van der Waals surface area contributed by atoms with Gasteiger partial charge in [0, 0.05) is 27.7 Å². The first-order chi connectivity index (χ1) is 16.3. The third kappa shape index (κ3) is 4.93. The summed E-state index contributed by atoms with van der Waals surface area (Å²) in [7, 11) is 0. The molecule has 2 N–H and O–H groups in total. The van der Waals surface area contributed by atoms with Gasteiger partial charge in [0.15, 0.2) is 0 Å². The number of hydrogen-bond donors (Lipinski definition) is 2. The van der Waals surface area contributed by atoms with Gasteiger partial charge in [0.05, 0.1) is 11.9 Å².